The average Bonchev–Trinajstić information content (AvgIpc) is 2.72. The van der Waals surface area contributed by atoms with E-state index in [9.17, 15) is 13.2 Å². The molecule has 0 aliphatic carbocycles. The molecular weight excluding hydrogens is 298 g/mol. The highest BCUT2D eigenvalue weighted by molar-refractivity contribution is 7.91. The number of nitrogens with zero attached hydrogens (tertiary/aromatic N) is 2. The van der Waals surface area contributed by atoms with E-state index in [4.69, 9.17) is 0 Å². The van der Waals surface area contributed by atoms with Crippen molar-refractivity contribution in [1.29, 1.82) is 0 Å². The number of sulfonamides is 1. The number of aryl methyl sites for hydroxylation is 1. The van der Waals surface area contributed by atoms with Crippen LogP contribution >= 0.6 is 11.3 Å². The quantitative estimate of drug-likeness (QED) is 0.887. The Hall–Kier alpha value is -0.700. The van der Waals surface area contributed by atoms with E-state index in [-0.39, 0.29) is 9.08 Å². The van der Waals surface area contributed by atoms with Gasteiger partial charge in [0.2, 0.25) is 0 Å². The molecule has 20 heavy (non-hydrogen) atoms. The zero-order valence-corrected chi connectivity index (χ0v) is 13.7. The van der Waals surface area contributed by atoms with Gasteiger partial charge in [-0.05, 0) is 45.8 Å². The van der Waals surface area contributed by atoms with Crippen LogP contribution in [0.4, 0.5) is 0 Å². The number of nitrogens with one attached hydrogen (secondary N) is 1. The number of thiazole rings is 1. The Morgan fingerprint density at radius 3 is 2.50 bits per heavy atom. The summed E-state index contributed by atoms with van der Waals surface area (Å²) in [6.07, 6.45) is 2.03. The van der Waals surface area contributed by atoms with Gasteiger partial charge in [-0.3, -0.25) is 4.79 Å². The smallest absolute Gasteiger partial charge is 0.305 e. The maximum Gasteiger partial charge on any atom is 0.305 e. The predicted molar refractivity (Wildman–Crippen MR) is 79.7 cm³/mol. The third-order valence-corrected chi connectivity index (χ3v) is 7.18. The van der Waals surface area contributed by atoms with E-state index in [1.165, 1.54) is 4.31 Å². The van der Waals surface area contributed by atoms with E-state index in [2.05, 4.69) is 16.9 Å². The van der Waals surface area contributed by atoms with E-state index < -0.39 is 10.0 Å². The molecule has 0 radical (unpaired) electrons. The number of hydrogen-bond acceptors (Lipinski definition) is 5. The van der Waals surface area contributed by atoms with Crippen molar-refractivity contribution in [3.05, 3.63) is 15.4 Å². The topological polar surface area (TPSA) is 73.5 Å². The molecule has 2 rings (SSSR count). The van der Waals surface area contributed by atoms with Crippen LogP contribution in [0.3, 0.4) is 0 Å². The summed E-state index contributed by atoms with van der Waals surface area (Å²) in [4.78, 5) is 15.7. The number of aromatic nitrogens is 1. The summed E-state index contributed by atoms with van der Waals surface area (Å²) in [5.74, 6) is 0.391. The van der Waals surface area contributed by atoms with Gasteiger partial charge in [-0.15, -0.1) is 0 Å². The molecule has 1 aromatic rings. The fourth-order valence-electron chi connectivity index (χ4n) is 2.48. The van der Waals surface area contributed by atoms with Crippen molar-refractivity contribution >= 4 is 21.4 Å². The Morgan fingerprint density at radius 2 is 2.00 bits per heavy atom. The van der Waals surface area contributed by atoms with Gasteiger partial charge < -0.3 is 9.88 Å². The molecule has 0 amide bonds. The van der Waals surface area contributed by atoms with Gasteiger partial charge in [0.05, 0.1) is 0 Å². The van der Waals surface area contributed by atoms with Crippen molar-refractivity contribution in [1.82, 2.24) is 14.2 Å². The number of aromatic amines is 1. The minimum atomic E-state index is -3.55. The number of likely N-dealkylation sites (tertiary alicyclic amines) is 1. The van der Waals surface area contributed by atoms with Crippen LogP contribution in [0.5, 0.6) is 0 Å². The van der Waals surface area contributed by atoms with Gasteiger partial charge in [-0.25, -0.2) is 8.42 Å². The van der Waals surface area contributed by atoms with Gasteiger partial charge >= 0.3 is 4.87 Å². The molecule has 1 saturated heterocycles. The van der Waals surface area contributed by atoms with Crippen LogP contribution in [-0.2, 0) is 10.0 Å². The Morgan fingerprint density at radius 1 is 1.40 bits per heavy atom. The molecule has 1 aromatic heterocycles. The maximum atomic E-state index is 12.5. The van der Waals surface area contributed by atoms with Crippen LogP contribution in [0, 0.1) is 12.8 Å². The minimum Gasteiger partial charge on any atom is -0.315 e. The van der Waals surface area contributed by atoms with Crippen LogP contribution in [0.15, 0.2) is 9.00 Å². The Kier molecular flexibility index (Phi) is 4.68. The molecule has 2 heterocycles. The second kappa shape index (κ2) is 5.97. The lowest BCUT2D eigenvalue weighted by Crippen LogP contribution is -2.37. The average molecular weight is 319 g/mol. The third-order valence-electron chi connectivity index (χ3n) is 3.78. The molecule has 114 valence electrons. The molecular formula is C12H21N3O3S2. The van der Waals surface area contributed by atoms with Crippen molar-refractivity contribution < 1.29 is 8.42 Å². The van der Waals surface area contributed by atoms with Crippen molar-refractivity contribution in [2.75, 3.05) is 33.7 Å². The molecule has 0 spiro atoms. The summed E-state index contributed by atoms with van der Waals surface area (Å²) in [6.45, 7) is 4.15. The summed E-state index contributed by atoms with van der Waals surface area (Å²) in [6, 6.07) is 0. The van der Waals surface area contributed by atoms with Gasteiger partial charge in [0, 0.05) is 19.3 Å². The van der Waals surface area contributed by atoms with Crippen LogP contribution in [0.25, 0.3) is 0 Å². The van der Waals surface area contributed by atoms with Gasteiger partial charge in [0.1, 0.15) is 0 Å². The van der Waals surface area contributed by atoms with E-state index in [1.54, 1.807) is 14.0 Å². The van der Waals surface area contributed by atoms with Crippen LogP contribution < -0.4 is 4.87 Å². The number of H-pyrrole nitrogens is 1. The maximum absolute atomic E-state index is 12.5. The molecule has 0 saturated carbocycles. The monoisotopic (exact) mass is 319 g/mol. The van der Waals surface area contributed by atoms with Gasteiger partial charge in [0.25, 0.3) is 10.0 Å². The second-order valence-electron chi connectivity index (χ2n) is 5.46. The first-order valence-electron chi connectivity index (χ1n) is 6.65. The highest BCUT2D eigenvalue weighted by Gasteiger charge is 2.28. The molecule has 0 atom stereocenters. The lowest BCUT2D eigenvalue weighted by atomic mass is 9.97. The molecule has 1 N–H and O–H groups in total. The molecule has 8 heteroatoms. The summed E-state index contributed by atoms with van der Waals surface area (Å²) in [5, 5.41) is 0. The molecule has 0 unspecified atom stereocenters. The Labute approximate surface area is 123 Å². The van der Waals surface area contributed by atoms with E-state index in [0.717, 1.165) is 37.3 Å². The Bertz CT molecular complexity index is 612. The van der Waals surface area contributed by atoms with Crippen molar-refractivity contribution in [3.8, 4) is 0 Å². The highest BCUT2D eigenvalue weighted by Crippen LogP contribution is 2.23. The van der Waals surface area contributed by atoms with Gasteiger partial charge in [-0.1, -0.05) is 11.3 Å². The van der Waals surface area contributed by atoms with Gasteiger partial charge in [-0.2, -0.15) is 4.31 Å². The van der Waals surface area contributed by atoms with E-state index in [0.29, 0.717) is 18.2 Å². The van der Waals surface area contributed by atoms with Crippen LogP contribution in [-0.4, -0.2) is 56.3 Å². The zero-order chi connectivity index (χ0) is 14.9. The predicted octanol–water partition coefficient (Wildman–Crippen LogP) is 0.707. The van der Waals surface area contributed by atoms with Gasteiger partial charge in [0.15, 0.2) is 4.21 Å². The van der Waals surface area contributed by atoms with Crippen molar-refractivity contribution in [3.63, 3.8) is 0 Å². The molecule has 0 aromatic carbocycles. The number of hydrogen-bond donors (Lipinski definition) is 1. The standard InChI is InChI=1S/C12H21N3O3S2/c1-9-11(19-12(16)13-9)20(17,18)15(3)8-10-4-6-14(2)7-5-10/h10H,4-8H2,1-3H3,(H,13,16). The van der Waals surface area contributed by atoms with E-state index in [1.807, 2.05) is 0 Å². The zero-order valence-electron chi connectivity index (χ0n) is 12.0. The lowest BCUT2D eigenvalue weighted by molar-refractivity contribution is 0.202. The SMILES string of the molecule is Cc1[nH]c(=O)sc1S(=O)(=O)N(C)CC1CCN(C)CC1. The normalized spacial score (nSPS) is 18.8. The van der Waals surface area contributed by atoms with Crippen LogP contribution in [0.1, 0.15) is 18.5 Å². The van der Waals surface area contributed by atoms with Crippen molar-refractivity contribution in [2.45, 2.75) is 24.0 Å². The fourth-order valence-corrected chi connectivity index (χ4v) is 5.22. The summed E-state index contributed by atoms with van der Waals surface area (Å²) in [5.41, 5.74) is 0.426. The van der Waals surface area contributed by atoms with Crippen LogP contribution in [0.2, 0.25) is 0 Å². The fraction of sp³-hybridized carbons (Fsp3) is 0.750. The molecule has 1 fully saturated rings. The minimum absolute atomic E-state index is 0.137. The lowest BCUT2D eigenvalue weighted by Gasteiger charge is -2.31. The first kappa shape index (κ1) is 15.7. The first-order chi connectivity index (χ1) is 9.30. The van der Waals surface area contributed by atoms with E-state index >= 15 is 0 Å². The summed E-state index contributed by atoms with van der Waals surface area (Å²) >= 11 is 0.763. The largest absolute Gasteiger partial charge is 0.315 e. The molecule has 1 aliphatic rings. The van der Waals surface area contributed by atoms with Crippen molar-refractivity contribution in [2.24, 2.45) is 5.92 Å². The summed E-state index contributed by atoms with van der Waals surface area (Å²) in [7, 11) is 0.120. The Balaban J connectivity index is 2.10. The third kappa shape index (κ3) is 3.30. The molecule has 0 bridgehead atoms. The first-order valence-corrected chi connectivity index (χ1v) is 8.91. The summed E-state index contributed by atoms with van der Waals surface area (Å²) < 4.78 is 26.5. The highest BCUT2D eigenvalue weighted by atomic mass is 32.2. The number of rotatable bonds is 4. The second-order valence-corrected chi connectivity index (χ2v) is 8.68. The number of piperidine rings is 1. The molecule has 1 aliphatic heterocycles. The molecule has 6 nitrogen and oxygen atoms in total.